The van der Waals surface area contributed by atoms with E-state index in [9.17, 15) is 9.18 Å². The average Bonchev–Trinajstić information content (AvgIpc) is 3.44. The number of carbonyl (C=O) groups is 1. The third-order valence-electron chi connectivity index (χ3n) is 7.35. The molecule has 2 aromatic rings. The van der Waals surface area contributed by atoms with Crippen LogP contribution in [0.25, 0.3) is 0 Å². The van der Waals surface area contributed by atoms with Crippen molar-refractivity contribution in [3.8, 4) is 0 Å². The number of aromatic nitrogens is 2. The highest BCUT2D eigenvalue weighted by Gasteiger charge is 2.48. The molecule has 1 aromatic heterocycles. The Morgan fingerprint density at radius 3 is 2.65 bits per heavy atom. The Bertz CT molecular complexity index is 1100. The van der Waals surface area contributed by atoms with Crippen molar-refractivity contribution in [2.75, 3.05) is 55.8 Å². The summed E-state index contributed by atoms with van der Waals surface area (Å²) in [5, 5.41) is 9.16. The summed E-state index contributed by atoms with van der Waals surface area (Å²) in [6, 6.07) is 5.98. The van der Waals surface area contributed by atoms with E-state index in [1.807, 2.05) is 6.07 Å². The Labute approximate surface area is 199 Å². The number of piperazine rings is 1. The summed E-state index contributed by atoms with van der Waals surface area (Å²) in [6.07, 6.45) is 6.28. The number of nitrogens with zero attached hydrogens (tertiary/aromatic N) is 4. The van der Waals surface area contributed by atoms with Gasteiger partial charge < -0.3 is 25.8 Å². The molecule has 1 aliphatic heterocycles. The number of likely N-dealkylation sites (N-methyl/N-ethyl adjacent to an activating group) is 1. The molecule has 3 N–H and O–H groups in total. The van der Waals surface area contributed by atoms with E-state index in [-0.39, 0.29) is 35.5 Å². The van der Waals surface area contributed by atoms with Crippen molar-refractivity contribution in [1.82, 2.24) is 20.2 Å². The number of rotatable bonds is 6. The van der Waals surface area contributed by atoms with Gasteiger partial charge in [0.1, 0.15) is 0 Å². The van der Waals surface area contributed by atoms with Gasteiger partial charge in [-0.3, -0.25) is 4.79 Å². The molecule has 0 radical (unpaired) electrons. The van der Waals surface area contributed by atoms with Crippen molar-refractivity contribution < 1.29 is 9.18 Å². The van der Waals surface area contributed by atoms with Crippen LogP contribution in [0.5, 0.6) is 0 Å². The minimum Gasteiger partial charge on any atom is -0.369 e. The summed E-state index contributed by atoms with van der Waals surface area (Å²) in [6.45, 7) is 6.22. The zero-order valence-electron chi connectivity index (χ0n) is 19.9. The molecule has 1 amide bonds. The lowest BCUT2D eigenvalue weighted by Crippen LogP contribution is -2.44. The Balaban J connectivity index is 1.31. The van der Waals surface area contributed by atoms with Crippen molar-refractivity contribution in [3.05, 3.63) is 47.9 Å². The van der Waals surface area contributed by atoms with Gasteiger partial charge in [0.25, 0.3) is 0 Å². The molecule has 1 saturated heterocycles. The monoisotopic (exact) mass is 465 g/mol. The quantitative estimate of drug-likeness (QED) is 0.566. The molecular weight excluding hydrogens is 433 g/mol. The Hall–Kier alpha value is -3.20. The normalized spacial score (nSPS) is 26.1. The molecule has 1 aromatic carbocycles. The Kier molecular flexibility index (Phi) is 6.12. The van der Waals surface area contributed by atoms with E-state index in [1.54, 1.807) is 7.05 Å². The van der Waals surface area contributed by atoms with Crippen LogP contribution < -0.4 is 20.9 Å². The lowest BCUT2D eigenvalue weighted by molar-refractivity contribution is -0.125. The van der Waals surface area contributed by atoms with Crippen molar-refractivity contribution in [2.24, 2.45) is 17.8 Å². The van der Waals surface area contributed by atoms with Crippen LogP contribution in [0.1, 0.15) is 12.0 Å². The van der Waals surface area contributed by atoms with Crippen LogP contribution in [0, 0.1) is 30.5 Å². The van der Waals surface area contributed by atoms with E-state index in [0.29, 0.717) is 5.95 Å². The number of carbonyl (C=O) groups excluding carboxylic acids is 1. The molecule has 1 saturated carbocycles. The molecule has 2 bridgehead atoms. The van der Waals surface area contributed by atoms with Crippen LogP contribution in [0.15, 0.2) is 36.5 Å². The van der Waals surface area contributed by atoms with E-state index >= 15 is 0 Å². The van der Waals surface area contributed by atoms with Crippen LogP contribution in [-0.2, 0) is 4.79 Å². The van der Waals surface area contributed by atoms with Crippen molar-refractivity contribution >= 4 is 29.0 Å². The first-order valence-electron chi connectivity index (χ1n) is 11.9. The number of allylic oxidation sites excluding steroid dienone is 1. The topological polar surface area (TPSA) is 85.4 Å². The zero-order valence-corrected chi connectivity index (χ0v) is 19.9. The highest BCUT2D eigenvalue weighted by Crippen LogP contribution is 2.45. The standard InChI is InChI=1S/C25H32FN7O/c1-15-12-18(6-7-20(15)33-10-8-32(3)9-11-33)29-25-28-14-19(26)23(31-25)30-22-17-5-4-16(13-17)21(22)24(34)27-2/h4-7,12,14,16-17,21-22H,8-11,13H2,1-3H3,(H,27,34)(H2,28,29,30,31). The average molecular weight is 466 g/mol. The fourth-order valence-corrected chi connectivity index (χ4v) is 5.49. The van der Waals surface area contributed by atoms with Gasteiger partial charge in [-0.15, -0.1) is 0 Å². The first kappa shape index (κ1) is 22.6. The van der Waals surface area contributed by atoms with Gasteiger partial charge in [-0.25, -0.2) is 9.37 Å². The van der Waals surface area contributed by atoms with Gasteiger partial charge in [-0.05, 0) is 56.0 Å². The summed E-state index contributed by atoms with van der Waals surface area (Å²) in [7, 11) is 3.79. The number of fused-ring (bicyclic) bond motifs is 2. The maximum absolute atomic E-state index is 14.6. The number of amides is 1. The third-order valence-corrected chi connectivity index (χ3v) is 7.35. The van der Waals surface area contributed by atoms with Crippen molar-refractivity contribution in [3.63, 3.8) is 0 Å². The number of nitrogens with one attached hydrogen (secondary N) is 3. The molecule has 34 heavy (non-hydrogen) atoms. The smallest absolute Gasteiger partial charge is 0.229 e. The molecule has 5 rings (SSSR count). The maximum Gasteiger partial charge on any atom is 0.229 e. The molecule has 4 unspecified atom stereocenters. The van der Waals surface area contributed by atoms with E-state index in [2.05, 4.69) is 74.0 Å². The second-order valence-corrected chi connectivity index (χ2v) is 9.57. The highest BCUT2D eigenvalue weighted by atomic mass is 19.1. The lowest BCUT2D eigenvalue weighted by atomic mass is 9.88. The van der Waals surface area contributed by atoms with E-state index in [1.165, 1.54) is 11.9 Å². The number of halogens is 1. The fourth-order valence-electron chi connectivity index (χ4n) is 5.49. The maximum atomic E-state index is 14.6. The van der Waals surface area contributed by atoms with Crippen LogP contribution >= 0.6 is 0 Å². The van der Waals surface area contributed by atoms with Gasteiger partial charge in [-0.2, -0.15) is 4.98 Å². The molecule has 0 spiro atoms. The van der Waals surface area contributed by atoms with Crippen LogP contribution in [0.4, 0.5) is 27.5 Å². The summed E-state index contributed by atoms with van der Waals surface area (Å²) >= 11 is 0. The summed E-state index contributed by atoms with van der Waals surface area (Å²) in [5.41, 5.74) is 3.24. The molecule has 3 aliphatic rings. The van der Waals surface area contributed by atoms with Gasteiger partial charge in [0, 0.05) is 50.6 Å². The predicted molar refractivity (Wildman–Crippen MR) is 132 cm³/mol. The largest absolute Gasteiger partial charge is 0.369 e. The third kappa shape index (κ3) is 4.32. The molecule has 2 heterocycles. The molecule has 4 atom stereocenters. The van der Waals surface area contributed by atoms with Gasteiger partial charge in [0.05, 0.1) is 12.1 Å². The highest BCUT2D eigenvalue weighted by molar-refractivity contribution is 5.81. The molecule has 2 aliphatic carbocycles. The number of aryl methyl sites for hydroxylation is 1. The van der Waals surface area contributed by atoms with Crippen molar-refractivity contribution in [1.29, 1.82) is 0 Å². The first-order valence-corrected chi connectivity index (χ1v) is 11.9. The minimum absolute atomic E-state index is 0.0296. The van der Waals surface area contributed by atoms with Crippen LogP contribution in [0.2, 0.25) is 0 Å². The predicted octanol–water partition coefficient (Wildman–Crippen LogP) is 2.77. The van der Waals surface area contributed by atoms with E-state index in [0.717, 1.165) is 43.9 Å². The Morgan fingerprint density at radius 1 is 1.15 bits per heavy atom. The van der Waals surface area contributed by atoms with Gasteiger partial charge in [0.15, 0.2) is 11.6 Å². The Morgan fingerprint density at radius 2 is 1.91 bits per heavy atom. The molecular formula is C25H32FN7O. The summed E-state index contributed by atoms with van der Waals surface area (Å²) < 4.78 is 14.6. The SMILES string of the molecule is CNC(=O)C1C2C=CC(C2)C1Nc1nc(Nc2ccc(N3CCN(C)CC3)c(C)c2)ncc1F. The number of hydrogen-bond acceptors (Lipinski definition) is 7. The van der Waals surface area contributed by atoms with Gasteiger partial charge in [-0.1, -0.05) is 12.2 Å². The first-order chi connectivity index (χ1) is 16.4. The number of anilines is 4. The molecule has 9 heteroatoms. The van der Waals surface area contributed by atoms with E-state index < -0.39 is 5.82 Å². The lowest BCUT2D eigenvalue weighted by Gasteiger charge is -2.35. The molecule has 2 fully saturated rings. The van der Waals surface area contributed by atoms with Gasteiger partial charge >= 0.3 is 0 Å². The van der Waals surface area contributed by atoms with Crippen LogP contribution in [0.3, 0.4) is 0 Å². The van der Waals surface area contributed by atoms with Crippen molar-refractivity contribution in [2.45, 2.75) is 19.4 Å². The van der Waals surface area contributed by atoms with Crippen LogP contribution in [-0.4, -0.2) is 67.1 Å². The number of benzene rings is 1. The molecule has 8 nitrogen and oxygen atoms in total. The molecule has 180 valence electrons. The second-order valence-electron chi connectivity index (χ2n) is 9.57. The summed E-state index contributed by atoms with van der Waals surface area (Å²) in [5.74, 6) is -0.0215. The zero-order chi connectivity index (χ0) is 23.8. The number of hydrogen-bond donors (Lipinski definition) is 3. The minimum atomic E-state index is -0.533. The second kappa shape index (κ2) is 9.21. The van der Waals surface area contributed by atoms with E-state index in [4.69, 9.17) is 0 Å². The fraction of sp³-hybridized carbons (Fsp3) is 0.480. The summed E-state index contributed by atoms with van der Waals surface area (Å²) in [4.78, 5) is 25.7. The van der Waals surface area contributed by atoms with Gasteiger partial charge in [0.2, 0.25) is 11.9 Å².